The van der Waals surface area contributed by atoms with Crippen LogP contribution >= 0.6 is 31.9 Å². The zero-order valence-corrected chi connectivity index (χ0v) is 17.1. The van der Waals surface area contributed by atoms with Gasteiger partial charge in [-0.1, -0.05) is 6.92 Å². The van der Waals surface area contributed by atoms with Crippen LogP contribution in [0.25, 0.3) is 0 Å². The molecule has 2 unspecified atom stereocenters. The molecule has 0 bridgehead atoms. The number of rotatable bonds is 6. The second-order valence-electron chi connectivity index (χ2n) is 6.02. The predicted molar refractivity (Wildman–Crippen MR) is 99.5 cm³/mol. The van der Waals surface area contributed by atoms with Gasteiger partial charge in [-0.25, -0.2) is 0 Å². The Hall–Kier alpha value is -0.300. The number of nitrogens with zero attached hydrogens (tertiary/aromatic N) is 1. The molecule has 1 saturated heterocycles. The second kappa shape index (κ2) is 8.70. The fraction of sp³-hybridized carbons (Fsp3) is 0.647. The Morgan fingerprint density at radius 2 is 1.96 bits per heavy atom. The number of likely N-dealkylation sites (tertiary alicyclic amines) is 1. The Labute approximate surface area is 155 Å². The van der Waals surface area contributed by atoms with E-state index < -0.39 is 0 Å². The summed E-state index contributed by atoms with van der Waals surface area (Å²) in [5.74, 6) is 1.73. The summed E-state index contributed by atoms with van der Waals surface area (Å²) in [6.45, 7) is 5.20. The van der Waals surface area contributed by atoms with E-state index in [1.54, 1.807) is 14.2 Å². The van der Waals surface area contributed by atoms with Crippen LogP contribution in [0.2, 0.25) is 0 Å². The standard InChI is InChI=1S/C17H25Br2NO3/c1-4-6-20-7-5-14(21)12(10-20)8-11-9-13(18)17(23-3)15(19)16(11)22-2/h9,12,14,21H,4-8,10H2,1-3H3. The van der Waals surface area contributed by atoms with Crippen molar-refractivity contribution in [2.24, 2.45) is 5.92 Å². The van der Waals surface area contributed by atoms with Crippen molar-refractivity contribution in [1.82, 2.24) is 4.90 Å². The predicted octanol–water partition coefficient (Wildman–Crippen LogP) is 3.86. The van der Waals surface area contributed by atoms with Crippen molar-refractivity contribution < 1.29 is 14.6 Å². The van der Waals surface area contributed by atoms with E-state index in [2.05, 4.69) is 43.7 Å². The van der Waals surface area contributed by atoms with Gasteiger partial charge in [0.15, 0.2) is 5.75 Å². The number of piperidine rings is 1. The van der Waals surface area contributed by atoms with Crippen molar-refractivity contribution in [2.75, 3.05) is 33.9 Å². The summed E-state index contributed by atoms with van der Waals surface area (Å²) in [5, 5.41) is 10.4. The van der Waals surface area contributed by atoms with Crippen molar-refractivity contribution in [3.05, 3.63) is 20.6 Å². The van der Waals surface area contributed by atoms with E-state index in [1.807, 2.05) is 6.07 Å². The first-order valence-electron chi connectivity index (χ1n) is 8.01. The third-order valence-corrected chi connectivity index (χ3v) is 5.73. The minimum Gasteiger partial charge on any atom is -0.495 e. The zero-order chi connectivity index (χ0) is 17.0. The van der Waals surface area contributed by atoms with Gasteiger partial charge in [0.05, 0.1) is 24.8 Å². The lowest BCUT2D eigenvalue weighted by atomic mass is 9.88. The summed E-state index contributed by atoms with van der Waals surface area (Å²) in [5.41, 5.74) is 1.08. The van der Waals surface area contributed by atoms with E-state index in [1.165, 1.54) is 0 Å². The lowest BCUT2D eigenvalue weighted by molar-refractivity contribution is 0.0268. The maximum absolute atomic E-state index is 10.4. The van der Waals surface area contributed by atoms with E-state index in [-0.39, 0.29) is 12.0 Å². The molecule has 0 spiro atoms. The number of hydrogen-bond donors (Lipinski definition) is 1. The summed E-state index contributed by atoms with van der Waals surface area (Å²) >= 11 is 7.12. The highest BCUT2D eigenvalue weighted by Gasteiger charge is 2.29. The molecule has 1 aromatic carbocycles. The molecule has 130 valence electrons. The maximum Gasteiger partial charge on any atom is 0.150 e. The van der Waals surface area contributed by atoms with Crippen molar-refractivity contribution in [3.63, 3.8) is 0 Å². The Morgan fingerprint density at radius 1 is 1.26 bits per heavy atom. The van der Waals surface area contributed by atoms with Crippen molar-refractivity contribution >= 4 is 31.9 Å². The molecule has 1 aromatic rings. The minimum absolute atomic E-state index is 0.219. The first-order valence-corrected chi connectivity index (χ1v) is 9.59. The van der Waals surface area contributed by atoms with Crippen LogP contribution in [0, 0.1) is 5.92 Å². The van der Waals surface area contributed by atoms with Gasteiger partial charge in [0.2, 0.25) is 0 Å². The number of ether oxygens (including phenoxy) is 2. The molecule has 0 aromatic heterocycles. The summed E-state index contributed by atoms with van der Waals surface area (Å²) in [6, 6.07) is 2.04. The van der Waals surface area contributed by atoms with Crippen molar-refractivity contribution in [2.45, 2.75) is 32.3 Å². The highest BCUT2D eigenvalue weighted by Crippen LogP contribution is 2.43. The largest absolute Gasteiger partial charge is 0.495 e. The second-order valence-corrected chi connectivity index (χ2v) is 7.67. The van der Waals surface area contributed by atoms with Gasteiger partial charge < -0.3 is 19.5 Å². The quantitative estimate of drug-likeness (QED) is 0.714. The molecule has 2 atom stereocenters. The van der Waals surface area contributed by atoms with Gasteiger partial charge >= 0.3 is 0 Å². The van der Waals surface area contributed by atoms with Crippen LogP contribution in [-0.4, -0.2) is 50.0 Å². The van der Waals surface area contributed by atoms with Crippen molar-refractivity contribution in [3.8, 4) is 11.5 Å². The molecule has 0 radical (unpaired) electrons. The molecule has 6 heteroatoms. The smallest absolute Gasteiger partial charge is 0.150 e. The lowest BCUT2D eigenvalue weighted by Gasteiger charge is -2.36. The van der Waals surface area contributed by atoms with Gasteiger partial charge in [0.25, 0.3) is 0 Å². The summed E-state index contributed by atoms with van der Waals surface area (Å²) < 4.78 is 12.7. The molecule has 0 saturated carbocycles. The third-order valence-electron chi connectivity index (χ3n) is 4.42. The molecule has 4 nitrogen and oxygen atoms in total. The van der Waals surface area contributed by atoms with Crippen LogP contribution < -0.4 is 9.47 Å². The topological polar surface area (TPSA) is 41.9 Å². The summed E-state index contributed by atoms with van der Waals surface area (Å²) in [4.78, 5) is 2.44. The Kier molecular flexibility index (Phi) is 7.19. The van der Waals surface area contributed by atoms with Crippen molar-refractivity contribution in [1.29, 1.82) is 0 Å². The third kappa shape index (κ3) is 4.41. The van der Waals surface area contributed by atoms with Crippen LogP contribution in [0.4, 0.5) is 0 Å². The number of benzene rings is 1. The molecule has 1 aliphatic rings. The molecule has 1 fully saturated rings. The van der Waals surface area contributed by atoms with E-state index in [4.69, 9.17) is 9.47 Å². The molecule has 1 N–H and O–H groups in total. The Balaban J connectivity index is 2.24. The highest BCUT2D eigenvalue weighted by molar-refractivity contribution is 9.11. The normalized spacial score (nSPS) is 22.2. The monoisotopic (exact) mass is 449 g/mol. The van der Waals surface area contributed by atoms with Gasteiger partial charge in [-0.15, -0.1) is 0 Å². The highest BCUT2D eigenvalue weighted by atomic mass is 79.9. The molecular weight excluding hydrogens is 426 g/mol. The number of halogens is 2. The van der Waals surface area contributed by atoms with E-state index in [0.717, 1.165) is 64.9 Å². The Bertz CT molecular complexity index is 539. The SMILES string of the molecule is CCCN1CCC(O)C(Cc2cc(Br)c(OC)c(Br)c2OC)C1. The van der Waals surface area contributed by atoms with Gasteiger partial charge in [-0.05, 0) is 69.3 Å². The summed E-state index contributed by atoms with van der Waals surface area (Å²) in [6.07, 6.45) is 2.51. The number of methoxy groups -OCH3 is 2. The van der Waals surface area contributed by atoms with E-state index >= 15 is 0 Å². The average molecular weight is 451 g/mol. The fourth-order valence-corrected chi connectivity index (χ4v) is 4.98. The zero-order valence-electron chi connectivity index (χ0n) is 13.9. The first-order chi connectivity index (χ1) is 11.0. The van der Waals surface area contributed by atoms with Crippen LogP contribution in [0.5, 0.6) is 11.5 Å². The molecule has 1 aliphatic heterocycles. The van der Waals surface area contributed by atoms with Gasteiger partial charge in [0.1, 0.15) is 10.2 Å². The number of hydrogen-bond acceptors (Lipinski definition) is 4. The molecule has 0 amide bonds. The molecule has 1 heterocycles. The molecular formula is C17H25Br2NO3. The van der Waals surface area contributed by atoms with Crippen LogP contribution in [0.15, 0.2) is 15.0 Å². The van der Waals surface area contributed by atoms with E-state index in [0.29, 0.717) is 0 Å². The molecule has 0 aliphatic carbocycles. The van der Waals surface area contributed by atoms with E-state index in [9.17, 15) is 5.11 Å². The number of aliphatic hydroxyl groups excluding tert-OH is 1. The molecule has 2 rings (SSSR count). The average Bonchev–Trinajstić information content (AvgIpc) is 2.51. The fourth-order valence-electron chi connectivity index (χ4n) is 3.29. The lowest BCUT2D eigenvalue weighted by Crippen LogP contribution is -2.44. The van der Waals surface area contributed by atoms with Gasteiger partial charge in [-0.2, -0.15) is 0 Å². The van der Waals surface area contributed by atoms with Crippen LogP contribution in [0.1, 0.15) is 25.3 Å². The maximum atomic E-state index is 10.4. The van der Waals surface area contributed by atoms with Gasteiger partial charge in [0, 0.05) is 19.0 Å². The summed E-state index contributed by atoms with van der Waals surface area (Å²) in [7, 11) is 3.30. The minimum atomic E-state index is -0.257. The molecule has 23 heavy (non-hydrogen) atoms. The van der Waals surface area contributed by atoms with Crippen LogP contribution in [0.3, 0.4) is 0 Å². The number of aliphatic hydroxyl groups is 1. The first kappa shape index (κ1) is 19.0. The van der Waals surface area contributed by atoms with Gasteiger partial charge in [-0.3, -0.25) is 0 Å². The van der Waals surface area contributed by atoms with Crippen LogP contribution in [-0.2, 0) is 6.42 Å². The Morgan fingerprint density at radius 3 is 2.57 bits per heavy atom.